The van der Waals surface area contributed by atoms with E-state index in [2.05, 4.69) is 16.9 Å². The van der Waals surface area contributed by atoms with Gasteiger partial charge in [-0.25, -0.2) is 14.8 Å². The van der Waals surface area contributed by atoms with Crippen LogP contribution in [0, 0.1) is 11.8 Å². The summed E-state index contributed by atoms with van der Waals surface area (Å²) in [6, 6.07) is 4.16. The number of aromatic nitrogens is 2. The Labute approximate surface area is 276 Å². The Bertz CT molecular complexity index is 1520. The number of hydrogen-bond donors (Lipinski definition) is 1. The van der Waals surface area contributed by atoms with Crippen molar-refractivity contribution < 1.29 is 42.1 Å². The Balaban J connectivity index is 1.65. The zero-order valence-electron chi connectivity index (χ0n) is 27.2. The fourth-order valence-electron chi connectivity index (χ4n) is 5.66. The number of ether oxygens (including phenoxy) is 3. The summed E-state index contributed by atoms with van der Waals surface area (Å²) in [4.78, 5) is 38.2. The number of rotatable bonds is 14. The van der Waals surface area contributed by atoms with Gasteiger partial charge in [0.1, 0.15) is 11.3 Å². The van der Waals surface area contributed by atoms with E-state index in [1.54, 1.807) is 0 Å². The molecule has 0 spiro atoms. The van der Waals surface area contributed by atoms with E-state index in [9.17, 15) is 27.9 Å². The second-order valence-corrected chi connectivity index (χ2v) is 12.9. The Morgan fingerprint density at radius 1 is 1.06 bits per heavy atom. The average molecular weight is 679 g/mol. The van der Waals surface area contributed by atoms with E-state index in [1.165, 1.54) is 48.8 Å². The van der Waals surface area contributed by atoms with E-state index in [0.29, 0.717) is 30.7 Å². The maximum atomic E-state index is 14.2. The van der Waals surface area contributed by atoms with Crippen molar-refractivity contribution in [1.29, 1.82) is 0 Å². The predicted octanol–water partition coefficient (Wildman–Crippen LogP) is 6.72. The number of alkyl halides is 3. The quantitative estimate of drug-likeness (QED) is 0.199. The number of anilines is 2. The first-order valence-electron chi connectivity index (χ1n) is 15.4. The number of hydrogen-bond acceptors (Lipinski definition) is 9. The molecule has 47 heavy (non-hydrogen) atoms. The lowest BCUT2D eigenvalue weighted by Crippen LogP contribution is -2.49. The van der Waals surface area contributed by atoms with Gasteiger partial charge in [-0.2, -0.15) is 13.2 Å². The van der Waals surface area contributed by atoms with Crippen LogP contribution >= 0.6 is 11.3 Å². The summed E-state index contributed by atoms with van der Waals surface area (Å²) in [6.07, 6.45) is 0.289. The fourth-order valence-corrected chi connectivity index (χ4v) is 6.45. The van der Waals surface area contributed by atoms with Gasteiger partial charge in [-0.15, -0.1) is 11.3 Å². The largest absolute Gasteiger partial charge is 0.478 e. The topological polar surface area (TPSA) is 114 Å². The predicted molar refractivity (Wildman–Crippen MR) is 173 cm³/mol. The van der Waals surface area contributed by atoms with Gasteiger partial charge in [-0.1, -0.05) is 6.92 Å². The van der Waals surface area contributed by atoms with E-state index in [4.69, 9.17) is 14.2 Å². The number of amides is 1. The lowest BCUT2D eigenvalue weighted by atomic mass is 9.82. The van der Waals surface area contributed by atoms with Crippen LogP contribution in [-0.2, 0) is 33.3 Å². The number of pyridine rings is 1. The summed E-state index contributed by atoms with van der Waals surface area (Å²) in [6.45, 7) is 2.28. The molecule has 1 saturated carbocycles. The molecule has 1 aliphatic rings. The molecule has 1 fully saturated rings. The van der Waals surface area contributed by atoms with Crippen molar-refractivity contribution in [3.8, 4) is 11.6 Å². The maximum Gasteiger partial charge on any atom is 0.421 e. The summed E-state index contributed by atoms with van der Waals surface area (Å²) in [5.74, 6) is -2.35. The van der Waals surface area contributed by atoms with Crippen molar-refractivity contribution in [3.05, 3.63) is 58.2 Å². The van der Waals surface area contributed by atoms with Crippen LogP contribution in [0.25, 0.3) is 0 Å². The van der Waals surface area contributed by atoms with Crippen LogP contribution < -0.4 is 14.5 Å². The van der Waals surface area contributed by atoms with Crippen molar-refractivity contribution in [2.45, 2.75) is 57.7 Å². The van der Waals surface area contributed by atoms with Crippen LogP contribution in [0.3, 0.4) is 0 Å². The Kier molecular flexibility index (Phi) is 12.2. The molecule has 0 atom stereocenters. The average Bonchev–Trinajstić information content (AvgIpc) is 3.51. The molecule has 2 aromatic heterocycles. The Hall–Kier alpha value is -3.75. The number of aryl methyl sites for hydroxylation is 2. The number of halogens is 3. The number of benzene rings is 1. The zero-order valence-corrected chi connectivity index (χ0v) is 28.0. The fraction of sp³-hybridized carbons (Fsp3) is 0.515. The van der Waals surface area contributed by atoms with Crippen LogP contribution in [0.15, 0.2) is 35.8 Å². The monoisotopic (exact) mass is 678 g/mol. The van der Waals surface area contributed by atoms with Crippen molar-refractivity contribution in [1.82, 2.24) is 9.97 Å². The summed E-state index contributed by atoms with van der Waals surface area (Å²) in [5, 5.41) is 12.9. The standard InChI is InChI=1S/C33H41F3N4O6S/c1-20-6-9-22(10-7-20)30(41)40(24(17-44-4)18-45-5)28-13-12-25(15-26(28)31(42)43)46-29-27(33(34,35)36)14-21(16-37-29)8-11-23-19-47-32(38-23)39(2)3/h12-16,19-20,22,24H,6-11,17-18H2,1-5H3,(H,42,43). The molecule has 14 heteroatoms. The molecule has 0 saturated heterocycles. The number of carboxylic acid groups (broad SMARTS) is 1. The SMILES string of the molecule is COCC(COC)N(C(=O)C1CCC(C)CC1)c1ccc(Oc2ncc(CCc3csc(N(C)C)n3)cc2C(F)(F)F)cc1C(=O)O. The van der Waals surface area contributed by atoms with Gasteiger partial charge >= 0.3 is 12.1 Å². The van der Waals surface area contributed by atoms with Crippen molar-refractivity contribution >= 4 is 34.0 Å². The highest BCUT2D eigenvalue weighted by Crippen LogP contribution is 2.39. The highest BCUT2D eigenvalue weighted by molar-refractivity contribution is 7.13. The molecule has 10 nitrogen and oxygen atoms in total. The maximum absolute atomic E-state index is 14.2. The Morgan fingerprint density at radius 2 is 1.74 bits per heavy atom. The zero-order chi connectivity index (χ0) is 34.3. The molecule has 0 aliphatic heterocycles. The molecule has 4 rings (SSSR count). The van der Waals surface area contributed by atoms with Gasteiger partial charge in [0.15, 0.2) is 5.13 Å². The third kappa shape index (κ3) is 9.20. The first-order valence-corrected chi connectivity index (χ1v) is 16.2. The molecule has 1 amide bonds. The van der Waals surface area contributed by atoms with E-state index in [0.717, 1.165) is 35.8 Å². The molecule has 2 heterocycles. The molecular formula is C33H41F3N4O6S. The number of aromatic carboxylic acids is 1. The first kappa shape index (κ1) is 36.1. The minimum atomic E-state index is -4.79. The van der Waals surface area contributed by atoms with Gasteiger partial charge in [0.2, 0.25) is 11.8 Å². The van der Waals surface area contributed by atoms with Crippen molar-refractivity contribution in [3.63, 3.8) is 0 Å². The van der Waals surface area contributed by atoms with Gasteiger partial charge in [0, 0.05) is 45.8 Å². The van der Waals surface area contributed by atoms with Gasteiger partial charge in [0.25, 0.3) is 0 Å². The van der Waals surface area contributed by atoms with Crippen LogP contribution in [0.2, 0.25) is 0 Å². The van der Waals surface area contributed by atoms with Gasteiger partial charge < -0.3 is 29.1 Å². The van der Waals surface area contributed by atoms with Crippen molar-refractivity contribution in [2.24, 2.45) is 11.8 Å². The first-order chi connectivity index (χ1) is 22.3. The van der Waals surface area contributed by atoms with Gasteiger partial charge in [0.05, 0.1) is 36.2 Å². The third-order valence-electron chi connectivity index (χ3n) is 8.16. The third-order valence-corrected chi connectivity index (χ3v) is 9.22. The molecule has 1 aliphatic carbocycles. The number of nitrogens with zero attached hydrogens (tertiary/aromatic N) is 4. The molecule has 256 valence electrons. The second-order valence-electron chi connectivity index (χ2n) is 12.0. The molecule has 1 N–H and O–H groups in total. The molecule has 3 aromatic rings. The number of carboxylic acids is 1. The van der Waals surface area contributed by atoms with Crippen LogP contribution in [0.5, 0.6) is 11.6 Å². The van der Waals surface area contributed by atoms with E-state index in [-0.39, 0.29) is 48.5 Å². The van der Waals surface area contributed by atoms with Crippen LogP contribution in [0.4, 0.5) is 24.0 Å². The van der Waals surface area contributed by atoms with Crippen LogP contribution in [-0.4, -0.2) is 74.5 Å². The highest BCUT2D eigenvalue weighted by atomic mass is 32.1. The lowest BCUT2D eigenvalue weighted by Gasteiger charge is -2.36. The molecule has 0 unspecified atom stereocenters. The van der Waals surface area contributed by atoms with E-state index >= 15 is 0 Å². The van der Waals surface area contributed by atoms with Gasteiger partial charge in [-0.05, 0) is 74.3 Å². The molecule has 0 bridgehead atoms. The number of carbonyl (C=O) groups is 2. The van der Waals surface area contributed by atoms with Crippen molar-refractivity contribution in [2.75, 3.05) is 51.3 Å². The smallest absolute Gasteiger partial charge is 0.421 e. The summed E-state index contributed by atoms with van der Waals surface area (Å²) < 4.78 is 58.9. The number of carbonyl (C=O) groups excluding carboxylic acids is 1. The summed E-state index contributed by atoms with van der Waals surface area (Å²) in [7, 11) is 6.67. The normalized spacial score (nSPS) is 16.7. The lowest BCUT2D eigenvalue weighted by molar-refractivity contribution is -0.139. The Morgan fingerprint density at radius 3 is 2.32 bits per heavy atom. The molecule has 0 radical (unpaired) electrons. The van der Waals surface area contributed by atoms with Gasteiger partial charge in [-0.3, -0.25) is 4.79 Å². The summed E-state index contributed by atoms with van der Waals surface area (Å²) >= 11 is 1.45. The minimum absolute atomic E-state index is 0.0739. The molecular weight excluding hydrogens is 637 g/mol. The second kappa shape index (κ2) is 15.9. The minimum Gasteiger partial charge on any atom is -0.478 e. The highest BCUT2D eigenvalue weighted by Gasteiger charge is 2.37. The number of thiazole rings is 1. The summed E-state index contributed by atoms with van der Waals surface area (Å²) in [5.41, 5.74) is -0.224. The van der Waals surface area contributed by atoms with E-state index in [1.807, 2.05) is 24.4 Å². The number of methoxy groups -OCH3 is 2. The van der Waals surface area contributed by atoms with E-state index < -0.39 is 29.6 Å². The molecule has 1 aromatic carbocycles. The van der Waals surface area contributed by atoms with Crippen LogP contribution in [0.1, 0.15) is 59.8 Å².